The topological polar surface area (TPSA) is 75.2 Å². The summed E-state index contributed by atoms with van der Waals surface area (Å²) in [6, 6.07) is 10.3. The van der Waals surface area contributed by atoms with Crippen LogP contribution in [0.15, 0.2) is 66.1 Å². The molecule has 1 aromatic heterocycles. The lowest BCUT2D eigenvalue weighted by Crippen LogP contribution is -2.20. The summed E-state index contributed by atoms with van der Waals surface area (Å²) in [5.74, 6) is -1.71. The lowest BCUT2D eigenvalue weighted by atomic mass is 10.0. The lowest BCUT2D eigenvalue weighted by Gasteiger charge is -2.16. The van der Waals surface area contributed by atoms with Gasteiger partial charge in [0.2, 0.25) is 5.91 Å². The molecule has 0 saturated heterocycles. The Bertz CT molecular complexity index is 1200. The molecule has 0 aliphatic carbocycles. The largest absolute Gasteiger partial charge is 0.384 e. The number of nitrogens with zero attached hydrogens (tertiary/aromatic N) is 1. The van der Waals surface area contributed by atoms with Crippen LogP contribution in [0.1, 0.15) is 5.56 Å². The van der Waals surface area contributed by atoms with Crippen LogP contribution in [0.4, 0.5) is 25.8 Å². The van der Waals surface area contributed by atoms with Gasteiger partial charge in [-0.3, -0.25) is 9.59 Å². The summed E-state index contributed by atoms with van der Waals surface area (Å²) in [6.07, 6.45) is 2.84. The van der Waals surface area contributed by atoms with Crippen molar-refractivity contribution in [2.45, 2.75) is 6.54 Å². The molecule has 0 radical (unpaired) electrons. The first-order valence-electron chi connectivity index (χ1n) is 9.46. The minimum atomic E-state index is -0.732. The Morgan fingerprint density at radius 2 is 1.84 bits per heavy atom. The molecule has 0 bridgehead atoms. The zero-order valence-corrected chi connectivity index (χ0v) is 17.1. The van der Waals surface area contributed by atoms with Crippen LogP contribution in [0, 0.1) is 11.6 Å². The molecular formula is C23H22F2N4O2. The summed E-state index contributed by atoms with van der Waals surface area (Å²) < 4.78 is 28.9. The van der Waals surface area contributed by atoms with Crippen molar-refractivity contribution in [2.24, 2.45) is 7.05 Å². The molecule has 8 heteroatoms. The maximum atomic E-state index is 14.2. The predicted molar refractivity (Wildman–Crippen MR) is 118 cm³/mol. The molecule has 0 atom stereocenters. The Morgan fingerprint density at radius 1 is 1.10 bits per heavy atom. The molecule has 160 valence electrons. The molecule has 1 amide bonds. The third-order valence-electron chi connectivity index (χ3n) is 4.70. The summed E-state index contributed by atoms with van der Waals surface area (Å²) in [4.78, 5) is 23.8. The number of nitrogens with one attached hydrogen (secondary N) is 3. The van der Waals surface area contributed by atoms with Crippen molar-refractivity contribution in [2.75, 3.05) is 17.7 Å². The number of hydrogen-bond acceptors (Lipinski definition) is 4. The van der Waals surface area contributed by atoms with E-state index in [0.29, 0.717) is 22.5 Å². The summed E-state index contributed by atoms with van der Waals surface area (Å²) in [6.45, 7) is 3.68. The molecule has 0 aliphatic rings. The van der Waals surface area contributed by atoms with Crippen LogP contribution in [0.3, 0.4) is 0 Å². The molecule has 0 unspecified atom stereocenters. The Hall–Kier alpha value is -3.94. The number of halogens is 2. The minimum absolute atomic E-state index is 0.106. The van der Waals surface area contributed by atoms with Gasteiger partial charge in [0.1, 0.15) is 17.3 Å². The number of hydrogen-bond donors (Lipinski definition) is 3. The van der Waals surface area contributed by atoms with E-state index in [-0.39, 0.29) is 23.7 Å². The van der Waals surface area contributed by atoms with Crippen LogP contribution in [0.25, 0.3) is 11.1 Å². The first-order chi connectivity index (χ1) is 14.8. The van der Waals surface area contributed by atoms with Gasteiger partial charge in [-0.15, -0.1) is 0 Å². The Kier molecular flexibility index (Phi) is 6.49. The van der Waals surface area contributed by atoms with Crippen LogP contribution < -0.4 is 21.5 Å². The van der Waals surface area contributed by atoms with E-state index in [2.05, 4.69) is 22.5 Å². The zero-order chi connectivity index (χ0) is 22.5. The molecule has 0 fully saturated rings. The van der Waals surface area contributed by atoms with Gasteiger partial charge in [0.15, 0.2) is 0 Å². The van der Waals surface area contributed by atoms with Crippen molar-refractivity contribution < 1.29 is 13.6 Å². The predicted octanol–water partition coefficient (Wildman–Crippen LogP) is 3.92. The minimum Gasteiger partial charge on any atom is -0.384 e. The van der Waals surface area contributed by atoms with Crippen molar-refractivity contribution in [1.82, 2.24) is 9.88 Å². The highest BCUT2D eigenvalue weighted by Gasteiger charge is 2.13. The molecule has 0 aliphatic heterocycles. The van der Waals surface area contributed by atoms with Crippen molar-refractivity contribution in [3.05, 3.63) is 88.9 Å². The molecule has 1 heterocycles. The normalized spacial score (nSPS) is 10.5. The van der Waals surface area contributed by atoms with Gasteiger partial charge in [-0.1, -0.05) is 12.6 Å². The first kappa shape index (κ1) is 21.8. The Morgan fingerprint density at radius 3 is 2.52 bits per heavy atom. The van der Waals surface area contributed by atoms with Crippen molar-refractivity contribution in [3.8, 4) is 11.1 Å². The number of carbonyl (C=O) groups is 1. The molecule has 3 rings (SSSR count). The summed E-state index contributed by atoms with van der Waals surface area (Å²) in [7, 11) is 3.28. The fourth-order valence-corrected chi connectivity index (χ4v) is 3.08. The number of carbonyl (C=O) groups excluding carboxylic acids is 1. The first-order valence-corrected chi connectivity index (χ1v) is 9.46. The van der Waals surface area contributed by atoms with Gasteiger partial charge >= 0.3 is 0 Å². The van der Waals surface area contributed by atoms with Gasteiger partial charge in [0.05, 0.1) is 5.69 Å². The molecule has 6 nitrogen and oxygen atoms in total. The average molecular weight is 424 g/mol. The second-order valence-electron chi connectivity index (χ2n) is 6.86. The number of rotatable bonds is 7. The highest BCUT2D eigenvalue weighted by atomic mass is 19.1. The Balaban J connectivity index is 2.10. The fourth-order valence-electron chi connectivity index (χ4n) is 3.08. The van der Waals surface area contributed by atoms with E-state index in [1.807, 2.05) is 6.07 Å². The number of benzene rings is 2. The van der Waals surface area contributed by atoms with Gasteiger partial charge < -0.3 is 20.5 Å². The van der Waals surface area contributed by atoms with E-state index in [1.54, 1.807) is 38.5 Å². The Labute approximate surface area is 178 Å². The summed E-state index contributed by atoms with van der Waals surface area (Å²) in [5, 5.41) is 8.57. The molecule has 3 N–H and O–H groups in total. The molecular weight excluding hydrogens is 402 g/mol. The summed E-state index contributed by atoms with van der Waals surface area (Å²) >= 11 is 0. The van der Waals surface area contributed by atoms with Crippen LogP contribution in [-0.4, -0.2) is 17.5 Å². The fraction of sp³-hybridized carbons (Fsp3) is 0.130. The number of pyridine rings is 1. The zero-order valence-electron chi connectivity index (χ0n) is 17.1. The van der Waals surface area contributed by atoms with Crippen LogP contribution >= 0.6 is 0 Å². The molecule has 0 saturated carbocycles. The molecule has 31 heavy (non-hydrogen) atoms. The second kappa shape index (κ2) is 9.25. The van der Waals surface area contributed by atoms with Gasteiger partial charge in [-0.05, 0) is 42.0 Å². The van der Waals surface area contributed by atoms with E-state index < -0.39 is 11.6 Å². The maximum absolute atomic E-state index is 14.2. The molecule has 2 aromatic carbocycles. The van der Waals surface area contributed by atoms with Crippen molar-refractivity contribution in [3.63, 3.8) is 0 Å². The van der Waals surface area contributed by atoms with Crippen LogP contribution in [-0.2, 0) is 18.4 Å². The summed E-state index contributed by atoms with van der Waals surface area (Å²) in [5.41, 5.74) is 2.99. The van der Waals surface area contributed by atoms with E-state index in [1.165, 1.54) is 16.7 Å². The standard InChI is InChI=1S/C23H22F2N4O2/c1-4-22(30)27-12-14-5-7-19(28-20-8-6-16(24)11-18(20)25)17(9-14)15-10-21(26-2)23(31)29(3)13-15/h4-11,13,26,28H,1,12H2,2-3H3,(H,27,30). The number of aromatic nitrogens is 1. The van der Waals surface area contributed by atoms with E-state index in [9.17, 15) is 18.4 Å². The van der Waals surface area contributed by atoms with E-state index in [0.717, 1.165) is 17.7 Å². The SMILES string of the molecule is C=CC(=O)NCc1ccc(Nc2ccc(F)cc2F)c(-c2cc(NC)c(=O)n(C)c2)c1. The number of anilines is 3. The van der Waals surface area contributed by atoms with Crippen LogP contribution in [0.5, 0.6) is 0 Å². The monoisotopic (exact) mass is 424 g/mol. The average Bonchev–Trinajstić information content (AvgIpc) is 2.76. The molecule has 0 spiro atoms. The van der Waals surface area contributed by atoms with Gasteiger partial charge in [-0.25, -0.2) is 8.78 Å². The lowest BCUT2D eigenvalue weighted by molar-refractivity contribution is -0.116. The molecule has 3 aromatic rings. The highest BCUT2D eigenvalue weighted by Crippen LogP contribution is 2.33. The van der Waals surface area contributed by atoms with Gasteiger partial charge in [0.25, 0.3) is 5.56 Å². The third-order valence-corrected chi connectivity index (χ3v) is 4.70. The van der Waals surface area contributed by atoms with E-state index >= 15 is 0 Å². The number of aryl methyl sites for hydroxylation is 1. The number of amides is 1. The van der Waals surface area contributed by atoms with Gasteiger partial charge in [-0.2, -0.15) is 0 Å². The van der Waals surface area contributed by atoms with Crippen molar-refractivity contribution >= 4 is 23.0 Å². The second-order valence-corrected chi connectivity index (χ2v) is 6.86. The van der Waals surface area contributed by atoms with Crippen molar-refractivity contribution in [1.29, 1.82) is 0 Å². The van der Waals surface area contributed by atoms with Gasteiger partial charge in [0, 0.05) is 49.7 Å². The van der Waals surface area contributed by atoms with E-state index in [4.69, 9.17) is 0 Å². The smallest absolute Gasteiger partial charge is 0.273 e. The van der Waals surface area contributed by atoms with Crippen LogP contribution in [0.2, 0.25) is 0 Å². The quantitative estimate of drug-likeness (QED) is 0.503. The highest BCUT2D eigenvalue weighted by molar-refractivity contribution is 5.87. The third kappa shape index (κ3) is 4.98. The maximum Gasteiger partial charge on any atom is 0.273 e.